The zero-order chi connectivity index (χ0) is 16.9. The quantitative estimate of drug-likeness (QED) is 0.762. The molecule has 0 spiro atoms. The van der Waals surface area contributed by atoms with Crippen molar-refractivity contribution < 1.29 is 9.59 Å². The summed E-state index contributed by atoms with van der Waals surface area (Å²) in [4.78, 5) is 27.2. The minimum Gasteiger partial charge on any atom is -0.326 e. The van der Waals surface area contributed by atoms with Crippen LogP contribution in [0.2, 0.25) is 0 Å². The first-order valence-electron chi connectivity index (χ1n) is 7.05. The standard InChI is InChI=1S/C16H13N5O2S/c1-10(22)18-13-6-4-11(5-7-13)14(23)19-16-21-20-15(24-16)12-3-2-8-17-9-12/h2-9H,1H3,(H,18,22)(H,19,21,23). The van der Waals surface area contributed by atoms with Crippen LogP contribution < -0.4 is 10.6 Å². The highest BCUT2D eigenvalue weighted by Crippen LogP contribution is 2.25. The lowest BCUT2D eigenvalue weighted by Crippen LogP contribution is -2.12. The summed E-state index contributed by atoms with van der Waals surface area (Å²) < 4.78 is 0. The first-order chi connectivity index (χ1) is 11.6. The molecule has 7 nitrogen and oxygen atoms in total. The monoisotopic (exact) mass is 339 g/mol. The van der Waals surface area contributed by atoms with Crippen LogP contribution in [0.25, 0.3) is 10.6 Å². The van der Waals surface area contributed by atoms with Crippen LogP contribution in [0.15, 0.2) is 48.8 Å². The second-order valence-corrected chi connectivity index (χ2v) is 5.84. The van der Waals surface area contributed by atoms with E-state index in [4.69, 9.17) is 0 Å². The highest BCUT2D eigenvalue weighted by atomic mass is 32.1. The van der Waals surface area contributed by atoms with Crippen LogP contribution >= 0.6 is 11.3 Å². The predicted molar refractivity (Wildman–Crippen MR) is 91.8 cm³/mol. The van der Waals surface area contributed by atoms with E-state index in [1.165, 1.54) is 18.3 Å². The van der Waals surface area contributed by atoms with E-state index in [2.05, 4.69) is 25.8 Å². The summed E-state index contributed by atoms with van der Waals surface area (Å²) in [6.45, 7) is 1.43. The lowest BCUT2D eigenvalue weighted by atomic mass is 10.2. The molecule has 1 aromatic carbocycles. The maximum Gasteiger partial charge on any atom is 0.257 e. The topological polar surface area (TPSA) is 96.9 Å². The number of carbonyl (C=O) groups is 2. The molecule has 0 aliphatic carbocycles. The first kappa shape index (κ1) is 15.8. The van der Waals surface area contributed by atoms with E-state index in [9.17, 15) is 9.59 Å². The van der Waals surface area contributed by atoms with E-state index < -0.39 is 0 Å². The van der Waals surface area contributed by atoms with Gasteiger partial charge < -0.3 is 5.32 Å². The number of nitrogens with one attached hydrogen (secondary N) is 2. The summed E-state index contributed by atoms with van der Waals surface area (Å²) in [6.07, 6.45) is 3.37. The molecular weight excluding hydrogens is 326 g/mol. The molecule has 0 aliphatic rings. The molecule has 2 heterocycles. The molecule has 0 radical (unpaired) electrons. The van der Waals surface area contributed by atoms with Crippen LogP contribution in [0.5, 0.6) is 0 Å². The normalized spacial score (nSPS) is 10.2. The third-order valence-electron chi connectivity index (χ3n) is 3.02. The minimum absolute atomic E-state index is 0.163. The molecule has 8 heteroatoms. The van der Waals surface area contributed by atoms with Crippen molar-refractivity contribution in [1.82, 2.24) is 15.2 Å². The van der Waals surface area contributed by atoms with Crippen LogP contribution in [0.4, 0.5) is 10.8 Å². The summed E-state index contributed by atoms with van der Waals surface area (Å²) in [6, 6.07) is 10.3. The number of benzene rings is 1. The Morgan fingerprint density at radius 2 is 1.83 bits per heavy atom. The van der Waals surface area contributed by atoms with E-state index in [0.717, 1.165) is 5.56 Å². The Morgan fingerprint density at radius 3 is 2.50 bits per heavy atom. The average Bonchev–Trinajstić information content (AvgIpc) is 3.04. The Labute approximate surface area is 141 Å². The van der Waals surface area contributed by atoms with Crippen molar-refractivity contribution in [1.29, 1.82) is 0 Å². The zero-order valence-corrected chi connectivity index (χ0v) is 13.5. The van der Waals surface area contributed by atoms with Crippen LogP contribution in [-0.4, -0.2) is 27.0 Å². The Bertz CT molecular complexity index is 862. The van der Waals surface area contributed by atoms with Gasteiger partial charge in [-0.25, -0.2) is 0 Å². The highest BCUT2D eigenvalue weighted by molar-refractivity contribution is 7.18. The molecule has 0 fully saturated rings. The van der Waals surface area contributed by atoms with Gasteiger partial charge in [-0.05, 0) is 36.4 Å². The minimum atomic E-state index is -0.293. The van der Waals surface area contributed by atoms with Gasteiger partial charge in [-0.15, -0.1) is 10.2 Å². The molecule has 3 rings (SSSR count). The number of amides is 2. The van der Waals surface area contributed by atoms with Crippen LogP contribution in [0.1, 0.15) is 17.3 Å². The van der Waals surface area contributed by atoms with Gasteiger partial charge in [-0.2, -0.15) is 0 Å². The van der Waals surface area contributed by atoms with E-state index in [0.29, 0.717) is 21.4 Å². The van der Waals surface area contributed by atoms with Gasteiger partial charge >= 0.3 is 0 Å². The Kier molecular flexibility index (Phi) is 4.57. The fourth-order valence-electron chi connectivity index (χ4n) is 1.96. The van der Waals surface area contributed by atoms with Crippen molar-refractivity contribution in [2.45, 2.75) is 6.92 Å². The van der Waals surface area contributed by atoms with Gasteiger partial charge in [-0.1, -0.05) is 11.3 Å². The fraction of sp³-hybridized carbons (Fsp3) is 0.0625. The third-order valence-corrected chi connectivity index (χ3v) is 3.91. The maximum atomic E-state index is 12.2. The van der Waals surface area contributed by atoms with Gasteiger partial charge in [0.1, 0.15) is 0 Å². The molecular formula is C16H13N5O2S. The summed E-state index contributed by atoms with van der Waals surface area (Å²) >= 11 is 1.27. The van der Waals surface area contributed by atoms with Crippen molar-refractivity contribution in [3.05, 3.63) is 54.4 Å². The second-order valence-electron chi connectivity index (χ2n) is 4.87. The number of nitrogens with zero attached hydrogens (tertiary/aromatic N) is 3. The summed E-state index contributed by atoms with van der Waals surface area (Å²) in [5.41, 5.74) is 1.94. The van der Waals surface area contributed by atoms with Crippen molar-refractivity contribution in [3.8, 4) is 10.6 Å². The largest absolute Gasteiger partial charge is 0.326 e. The molecule has 0 saturated heterocycles. The number of pyridine rings is 1. The van der Waals surface area contributed by atoms with Gasteiger partial charge in [0.25, 0.3) is 5.91 Å². The number of hydrogen-bond donors (Lipinski definition) is 2. The van der Waals surface area contributed by atoms with E-state index in [1.807, 2.05) is 12.1 Å². The van der Waals surface area contributed by atoms with Crippen molar-refractivity contribution in [2.75, 3.05) is 10.6 Å². The molecule has 2 amide bonds. The zero-order valence-electron chi connectivity index (χ0n) is 12.7. The number of carbonyl (C=O) groups excluding carboxylic acids is 2. The van der Waals surface area contributed by atoms with Gasteiger partial charge in [-0.3, -0.25) is 19.9 Å². The molecule has 2 N–H and O–H groups in total. The lowest BCUT2D eigenvalue weighted by molar-refractivity contribution is -0.114. The van der Waals surface area contributed by atoms with Crippen molar-refractivity contribution in [2.24, 2.45) is 0 Å². The Morgan fingerprint density at radius 1 is 1.04 bits per heavy atom. The first-order valence-corrected chi connectivity index (χ1v) is 7.86. The van der Waals surface area contributed by atoms with Crippen LogP contribution in [-0.2, 0) is 4.79 Å². The SMILES string of the molecule is CC(=O)Nc1ccc(C(=O)Nc2nnc(-c3cccnc3)s2)cc1. The number of rotatable bonds is 4. The number of hydrogen-bond acceptors (Lipinski definition) is 6. The van der Waals surface area contributed by atoms with Gasteiger partial charge in [0, 0.05) is 36.1 Å². The molecule has 24 heavy (non-hydrogen) atoms. The lowest BCUT2D eigenvalue weighted by Gasteiger charge is -2.04. The summed E-state index contributed by atoms with van der Waals surface area (Å²) in [5, 5.41) is 14.5. The van der Waals surface area contributed by atoms with E-state index in [1.54, 1.807) is 36.7 Å². The average molecular weight is 339 g/mol. The maximum absolute atomic E-state index is 12.2. The molecule has 0 bridgehead atoms. The molecule has 0 unspecified atom stereocenters. The molecule has 0 aliphatic heterocycles. The van der Waals surface area contributed by atoms with Crippen molar-refractivity contribution >= 4 is 34.0 Å². The fourth-order valence-corrected chi connectivity index (χ4v) is 2.69. The highest BCUT2D eigenvalue weighted by Gasteiger charge is 2.11. The van der Waals surface area contributed by atoms with E-state index >= 15 is 0 Å². The molecule has 120 valence electrons. The van der Waals surface area contributed by atoms with Gasteiger partial charge in [0.2, 0.25) is 11.0 Å². The number of aromatic nitrogens is 3. The van der Waals surface area contributed by atoms with Crippen molar-refractivity contribution in [3.63, 3.8) is 0 Å². The number of anilines is 2. The Hall–Kier alpha value is -3.13. The second kappa shape index (κ2) is 6.97. The molecule has 0 saturated carbocycles. The van der Waals surface area contributed by atoms with Crippen LogP contribution in [0.3, 0.4) is 0 Å². The van der Waals surface area contributed by atoms with Gasteiger partial charge in [0.05, 0.1) is 0 Å². The molecule has 2 aromatic heterocycles. The molecule has 3 aromatic rings. The third kappa shape index (κ3) is 3.79. The van der Waals surface area contributed by atoms with E-state index in [-0.39, 0.29) is 11.8 Å². The summed E-state index contributed by atoms with van der Waals surface area (Å²) in [5.74, 6) is -0.456. The van der Waals surface area contributed by atoms with Crippen LogP contribution in [0, 0.1) is 0 Å². The summed E-state index contributed by atoms with van der Waals surface area (Å²) in [7, 11) is 0. The van der Waals surface area contributed by atoms with Gasteiger partial charge in [0.15, 0.2) is 5.01 Å². The Balaban J connectivity index is 1.69. The predicted octanol–water partition coefficient (Wildman–Crippen LogP) is 2.81. The molecule has 0 atom stereocenters. The smallest absolute Gasteiger partial charge is 0.257 e.